The lowest BCUT2D eigenvalue weighted by molar-refractivity contribution is 0.0996. The van der Waals surface area contributed by atoms with Crippen LogP contribution in [0.2, 0.25) is 0 Å². The molecule has 1 amide bonds. The predicted molar refractivity (Wildman–Crippen MR) is 72.0 cm³/mol. The number of benzene rings is 1. The molecule has 0 bridgehead atoms. The van der Waals surface area contributed by atoms with Gasteiger partial charge in [0.25, 0.3) is 5.91 Å². The van der Waals surface area contributed by atoms with Crippen molar-refractivity contribution in [1.82, 2.24) is 15.4 Å². The van der Waals surface area contributed by atoms with Gasteiger partial charge in [-0.2, -0.15) is 15.4 Å². The molecule has 1 heterocycles. The number of amides is 1. The molecule has 0 fully saturated rings. The Balaban J connectivity index is 2.38. The summed E-state index contributed by atoms with van der Waals surface area (Å²) < 4.78 is 5.53. The van der Waals surface area contributed by atoms with Gasteiger partial charge in [0, 0.05) is 11.1 Å². The molecule has 20 heavy (non-hydrogen) atoms. The molecule has 0 radical (unpaired) electrons. The number of hydrogen-bond donors (Lipinski definition) is 3. The fraction of sp³-hybridized carbons (Fsp3) is 0.308. The number of primary amides is 1. The first-order chi connectivity index (χ1) is 9.67. The average Bonchev–Trinajstić information content (AvgIpc) is 2.94. The van der Waals surface area contributed by atoms with Gasteiger partial charge >= 0.3 is 0 Å². The smallest absolute Gasteiger partial charge is 0.271 e. The number of carbonyl (C=O) groups is 1. The molecule has 0 spiro atoms. The number of nitrogens with two attached hydrogens (primary N) is 1. The van der Waals surface area contributed by atoms with Crippen molar-refractivity contribution in [2.75, 3.05) is 6.61 Å². The van der Waals surface area contributed by atoms with Crippen LogP contribution in [0.4, 0.5) is 0 Å². The van der Waals surface area contributed by atoms with E-state index in [1.165, 1.54) is 0 Å². The van der Waals surface area contributed by atoms with E-state index in [0.717, 1.165) is 6.42 Å². The summed E-state index contributed by atoms with van der Waals surface area (Å²) in [4.78, 5) is 11.2. The van der Waals surface area contributed by atoms with Crippen molar-refractivity contribution in [3.05, 3.63) is 29.5 Å². The van der Waals surface area contributed by atoms with Crippen LogP contribution in [0.25, 0.3) is 11.3 Å². The third kappa shape index (κ3) is 2.77. The Hall–Kier alpha value is -2.41. The van der Waals surface area contributed by atoms with E-state index in [1.807, 2.05) is 6.92 Å². The molecule has 4 N–H and O–H groups in total. The van der Waals surface area contributed by atoms with Crippen molar-refractivity contribution in [3.63, 3.8) is 0 Å². The Morgan fingerprint density at radius 1 is 1.45 bits per heavy atom. The molecule has 0 aliphatic carbocycles. The molecule has 1 aromatic heterocycles. The minimum absolute atomic E-state index is 0.0658. The fourth-order valence-corrected chi connectivity index (χ4v) is 1.81. The summed E-state index contributed by atoms with van der Waals surface area (Å²) >= 11 is 0. The molecule has 1 aromatic carbocycles. The predicted octanol–water partition coefficient (Wildman–Crippen LogP) is 0.852. The highest BCUT2D eigenvalue weighted by Crippen LogP contribution is 2.27. The molecular weight excluding hydrogens is 260 g/mol. The number of aromatic nitrogens is 3. The lowest BCUT2D eigenvalue weighted by atomic mass is 10.1. The third-order valence-corrected chi connectivity index (χ3v) is 2.75. The van der Waals surface area contributed by atoms with Crippen LogP contribution in [0, 0.1) is 0 Å². The summed E-state index contributed by atoms with van der Waals surface area (Å²) in [6, 6.07) is 5.18. The maximum absolute atomic E-state index is 11.2. The van der Waals surface area contributed by atoms with Crippen molar-refractivity contribution in [2.24, 2.45) is 5.73 Å². The quantitative estimate of drug-likeness (QED) is 0.723. The number of aromatic amines is 1. The maximum atomic E-state index is 11.2. The SMILES string of the molecule is CCCOc1ccc(-c2n[nH]nc2C(N)=O)cc1CO. The van der Waals surface area contributed by atoms with Crippen molar-refractivity contribution < 1.29 is 14.6 Å². The number of aliphatic hydroxyl groups is 1. The minimum atomic E-state index is -0.661. The zero-order valence-corrected chi connectivity index (χ0v) is 11.1. The first kappa shape index (κ1) is 14.0. The van der Waals surface area contributed by atoms with E-state index < -0.39 is 5.91 Å². The van der Waals surface area contributed by atoms with E-state index >= 15 is 0 Å². The van der Waals surface area contributed by atoms with E-state index in [2.05, 4.69) is 15.4 Å². The van der Waals surface area contributed by atoms with Gasteiger partial charge in [-0.3, -0.25) is 4.79 Å². The van der Waals surface area contributed by atoms with E-state index in [0.29, 0.717) is 29.2 Å². The Kier molecular flexibility index (Phi) is 4.31. The molecule has 0 unspecified atom stereocenters. The highest BCUT2D eigenvalue weighted by Gasteiger charge is 2.16. The molecule has 0 saturated heterocycles. The van der Waals surface area contributed by atoms with Gasteiger partial charge in [-0.05, 0) is 24.6 Å². The minimum Gasteiger partial charge on any atom is -0.493 e. The van der Waals surface area contributed by atoms with Gasteiger partial charge in [0.1, 0.15) is 11.4 Å². The summed E-state index contributed by atoms with van der Waals surface area (Å²) in [6.45, 7) is 2.40. The highest BCUT2D eigenvalue weighted by molar-refractivity contribution is 5.96. The van der Waals surface area contributed by atoms with Crippen LogP contribution in [0.5, 0.6) is 5.75 Å². The number of aliphatic hydroxyl groups excluding tert-OH is 1. The molecule has 0 atom stereocenters. The van der Waals surface area contributed by atoms with Crippen LogP contribution in [-0.4, -0.2) is 33.0 Å². The van der Waals surface area contributed by atoms with Gasteiger partial charge in [0.2, 0.25) is 0 Å². The van der Waals surface area contributed by atoms with Gasteiger partial charge in [-0.15, -0.1) is 0 Å². The second-order valence-electron chi connectivity index (χ2n) is 4.21. The number of ether oxygens (including phenoxy) is 1. The monoisotopic (exact) mass is 276 g/mol. The highest BCUT2D eigenvalue weighted by atomic mass is 16.5. The molecule has 2 aromatic rings. The second kappa shape index (κ2) is 6.16. The average molecular weight is 276 g/mol. The number of nitrogens with one attached hydrogen (secondary N) is 1. The van der Waals surface area contributed by atoms with E-state index in [1.54, 1.807) is 18.2 Å². The molecule has 7 nitrogen and oxygen atoms in total. The normalized spacial score (nSPS) is 10.5. The number of H-pyrrole nitrogens is 1. The van der Waals surface area contributed by atoms with E-state index in [9.17, 15) is 9.90 Å². The van der Waals surface area contributed by atoms with Crippen LogP contribution >= 0.6 is 0 Å². The fourth-order valence-electron chi connectivity index (χ4n) is 1.81. The Labute approximate surface area is 115 Å². The first-order valence-electron chi connectivity index (χ1n) is 6.24. The lowest BCUT2D eigenvalue weighted by Gasteiger charge is -2.10. The second-order valence-corrected chi connectivity index (χ2v) is 4.21. The standard InChI is InChI=1S/C13H16N4O3/c1-2-5-20-10-4-3-8(6-9(10)7-18)11-12(13(14)19)16-17-15-11/h3-4,6,18H,2,5,7H2,1H3,(H2,14,19)(H,15,16,17). The number of rotatable bonds is 6. The summed E-state index contributed by atoms with van der Waals surface area (Å²) in [5, 5.41) is 19.4. The van der Waals surface area contributed by atoms with E-state index in [4.69, 9.17) is 10.5 Å². The summed E-state index contributed by atoms with van der Waals surface area (Å²) in [5.74, 6) is -0.0483. The van der Waals surface area contributed by atoms with Crippen molar-refractivity contribution in [2.45, 2.75) is 20.0 Å². The molecule has 0 aliphatic rings. The summed E-state index contributed by atoms with van der Waals surface area (Å²) in [5.41, 5.74) is 6.91. The van der Waals surface area contributed by atoms with Crippen LogP contribution in [0.3, 0.4) is 0 Å². The number of hydrogen-bond acceptors (Lipinski definition) is 5. The van der Waals surface area contributed by atoms with Gasteiger partial charge < -0.3 is 15.6 Å². The lowest BCUT2D eigenvalue weighted by Crippen LogP contribution is -2.12. The van der Waals surface area contributed by atoms with Crippen LogP contribution < -0.4 is 10.5 Å². The zero-order chi connectivity index (χ0) is 14.5. The van der Waals surface area contributed by atoms with Crippen molar-refractivity contribution in [1.29, 1.82) is 0 Å². The molecular formula is C13H16N4O3. The molecule has 2 rings (SSSR count). The Morgan fingerprint density at radius 3 is 2.90 bits per heavy atom. The molecule has 7 heteroatoms. The Bertz CT molecular complexity index is 609. The van der Waals surface area contributed by atoms with Gasteiger partial charge in [0.05, 0.1) is 13.2 Å². The number of carbonyl (C=O) groups excluding carboxylic acids is 1. The van der Waals surface area contributed by atoms with Crippen molar-refractivity contribution >= 4 is 5.91 Å². The Morgan fingerprint density at radius 2 is 2.25 bits per heavy atom. The van der Waals surface area contributed by atoms with Gasteiger partial charge in [0.15, 0.2) is 5.69 Å². The van der Waals surface area contributed by atoms with Crippen LogP contribution in [-0.2, 0) is 6.61 Å². The number of nitrogens with zero attached hydrogens (tertiary/aromatic N) is 2. The molecule has 0 aliphatic heterocycles. The largest absolute Gasteiger partial charge is 0.493 e. The van der Waals surface area contributed by atoms with Crippen LogP contribution in [0.1, 0.15) is 29.4 Å². The van der Waals surface area contributed by atoms with E-state index in [-0.39, 0.29) is 12.3 Å². The topological polar surface area (TPSA) is 114 Å². The van der Waals surface area contributed by atoms with Gasteiger partial charge in [-0.25, -0.2) is 0 Å². The molecule has 106 valence electrons. The summed E-state index contributed by atoms with van der Waals surface area (Å²) in [6.07, 6.45) is 0.877. The summed E-state index contributed by atoms with van der Waals surface area (Å²) in [7, 11) is 0. The molecule has 0 saturated carbocycles. The zero-order valence-electron chi connectivity index (χ0n) is 11.1. The maximum Gasteiger partial charge on any atom is 0.271 e. The van der Waals surface area contributed by atoms with Gasteiger partial charge in [-0.1, -0.05) is 6.92 Å². The van der Waals surface area contributed by atoms with Crippen molar-refractivity contribution in [3.8, 4) is 17.0 Å². The third-order valence-electron chi connectivity index (χ3n) is 2.75. The van der Waals surface area contributed by atoms with Crippen LogP contribution in [0.15, 0.2) is 18.2 Å². The first-order valence-corrected chi connectivity index (χ1v) is 6.24.